The molecule has 0 bridgehead atoms. The predicted molar refractivity (Wildman–Crippen MR) is 94.1 cm³/mol. The van der Waals surface area contributed by atoms with E-state index >= 15 is 0 Å². The highest BCUT2D eigenvalue weighted by Crippen LogP contribution is 2.31. The van der Waals surface area contributed by atoms with Crippen molar-refractivity contribution in [3.05, 3.63) is 0 Å². The number of hydrogen-bond acceptors (Lipinski definition) is 2. The lowest BCUT2D eigenvalue weighted by atomic mass is 9.99. The second kappa shape index (κ2) is 12.9. The summed E-state index contributed by atoms with van der Waals surface area (Å²) in [5, 5.41) is 1.15. The van der Waals surface area contributed by atoms with Crippen LogP contribution in [-0.2, 0) is 9.47 Å². The molecule has 0 spiro atoms. The van der Waals surface area contributed by atoms with Crippen molar-refractivity contribution in [2.45, 2.75) is 96.2 Å². The molecule has 21 heavy (non-hydrogen) atoms. The number of ether oxygens (including phenoxy) is 2. The molecule has 1 rings (SSSR count). The topological polar surface area (TPSA) is 18.5 Å². The zero-order chi connectivity index (χ0) is 15.2. The first-order valence-electron chi connectivity index (χ1n) is 9.17. The third kappa shape index (κ3) is 9.20. The highest BCUT2D eigenvalue weighted by atomic mass is 79.9. The van der Waals surface area contributed by atoms with E-state index in [2.05, 4.69) is 22.9 Å². The molecule has 1 fully saturated rings. The van der Waals surface area contributed by atoms with Crippen LogP contribution in [0.15, 0.2) is 0 Å². The van der Waals surface area contributed by atoms with Crippen LogP contribution >= 0.6 is 15.9 Å². The molecule has 2 nitrogen and oxygen atoms in total. The SMILES string of the molecule is CCCCCCC1(CCCCCCCCCBr)OCCO1. The number of unbranched alkanes of at least 4 members (excludes halogenated alkanes) is 9. The first-order valence-corrected chi connectivity index (χ1v) is 10.3. The van der Waals surface area contributed by atoms with Gasteiger partial charge in [0.15, 0.2) is 5.79 Å². The van der Waals surface area contributed by atoms with Gasteiger partial charge in [-0.15, -0.1) is 0 Å². The van der Waals surface area contributed by atoms with Crippen LogP contribution in [0.4, 0.5) is 0 Å². The average Bonchev–Trinajstić information content (AvgIpc) is 2.96. The van der Waals surface area contributed by atoms with Crippen LogP contribution in [0.1, 0.15) is 90.4 Å². The Morgan fingerprint density at radius 2 is 1.19 bits per heavy atom. The predicted octanol–water partition coefficient (Wildman–Crippen LogP) is 6.22. The third-order valence-electron chi connectivity index (χ3n) is 4.42. The fourth-order valence-corrected chi connectivity index (χ4v) is 3.50. The summed E-state index contributed by atoms with van der Waals surface area (Å²) in [7, 11) is 0. The minimum absolute atomic E-state index is 0.219. The van der Waals surface area contributed by atoms with Gasteiger partial charge in [0.1, 0.15) is 0 Å². The lowest BCUT2D eigenvalue weighted by Crippen LogP contribution is -2.30. The molecule has 1 aliphatic rings. The molecule has 1 saturated heterocycles. The van der Waals surface area contributed by atoms with Gasteiger partial charge in [-0.1, -0.05) is 74.2 Å². The van der Waals surface area contributed by atoms with E-state index in [0.29, 0.717) is 0 Å². The summed E-state index contributed by atoms with van der Waals surface area (Å²) in [6.45, 7) is 3.84. The lowest BCUT2D eigenvalue weighted by molar-refractivity contribution is -0.168. The largest absolute Gasteiger partial charge is 0.348 e. The molecule has 1 aliphatic heterocycles. The number of alkyl halides is 1. The second-order valence-corrected chi connectivity index (χ2v) is 7.13. The minimum Gasteiger partial charge on any atom is -0.348 e. The monoisotopic (exact) mass is 362 g/mol. The van der Waals surface area contributed by atoms with E-state index < -0.39 is 0 Å². The molecule has 0 aromatic heterocycles. The lowest BCUT2D eigenvalue weighted by Gasteiger charge is -2.27. The number of hydrogen-bond donors (Lipinski definition) is 0. The Bertz CT molecular complexity index is 227. The Morgan fingerprint density at radius 1 is 0.714 bits per heavy atom. The van der Waals surface area contributed by atoms with Crippen LogP contribution in [0.3, 0.4) is 0 Å². The maximum absolute atomic E-state index is 5.95. The van der Waals surface area contributed by atoms with Gasteiger partial charge in [0, 0.05) is 18.2 Å². The summed E-state index contributed by atoms with van der Waals surface area (Å²) in [4.78, 5) is 0. The molecule has 0 aromatic rings. The Morgan fingerprint density at radius 3 is 1.71 bits per heavy atom. The van der Waals surface area contributed by atoms with Gasteiger partial charge in [-0.2, -0.15) is 0 Å². The highest BCUT2D eigenvalue weighted by Gasteiger charge is 2.34. The fourth-order valence-electron chi connectivity index (χ4n) is 3.10. The van der Waals surface area contributed by atoms with Gasteiger partial charge in [0.25, 0.3) is 0 Å². The summed E-state index contributed by atoms with van der Waals surface area (Å²) in [6.07, 6.45) is 16.8. The number of halogens is 1. The van der Waals surface area contributed by atoms with Crippen LogP contribution in [0.5, 0.6) is 0 Å². The van der Waals surface area contributed by atoms with E-state index in [9.17, 15) is 0 Å². The molecular weight excluding hydrogens is 328 g/mol. The van der Waals surface area contributed by atoms with E-state index in [4.69, 9.17) is 9.47 Å². The average molecular weight is 363 g/mol. The summed E-state index contributed by atoms with van der Waals surface area (Å²) in [5.41, 5.74) is 0. The molecule has 0 radical (unpaired) electrons. The van der Waals surface area contributed by atoms with Crippen LogP contribution < -0.4 is 0 Å². The maximum Gasteiger partial charge on any atom is 0.168 e. The smallest absolute Gasteiger partial charge is 0.168 e. The molecule has 1 heterocycles. The van der Waals surface area contributed by atoms with E-state index in [-0.39, 0.29) is 5.79 Å². The molecule has 0 saturated carbocycles. The van der Waals surface area contributed by atoms with Crippen LogP contribution in [0, 0.1) is 0 Å². The quantitative estimate of drug-likeness (QED) is 0.270. The molecule has 0 aliphatic carbocycles. The molecule has 126 valence electrons. The molecular formula is C18H35BrO2. The van der Waals surface area contributed by atoms with E-state index in [0.717, 1.165) is 31.4 Å². The molecule has 0 N–H and O–H groups in total. The van der Waals surface area contributed by atoms with E-state index in [1.54, 1.807) is 0 Å². The Hall–Kier alpha value is 0.400. The zero-order valence-corrected chi connectivity index (χ0v) is 15.6. The first kappa shape index (κ1) is 19.4. The summed E-state index contributed by atoms with van der Waals surface area (Å²) in [5.74, 6) is -0.219. The Balaban J connectivity index is 2.05. The summed E-state index contributed by atoms with van der Waals surface area (Å²) < 4.78 is 11.9. The Kier molecular flexibility index (Phi) is 11.9. The van der Waals surface area contributed by atoms with Gasteiger partial charge < -0.3 is 9.47 Å². The van der Waals surface area contributed by atoms with Crippen LogP contribution in [-0.4, -0.2) is 24.3 Å². The van der Waals surface area contributed by atoms with Gasteiger partial charge in [-0.3, -0.25) is 0 Å². The maximum atomic E-state index is 5.95. The van der Waals surface area contributed by atoms with Gasteiger partial charge in [-0.05, 0) is 19.3 Å². The van der Waals surface area contributed by atoms with Gasteiger partial charge in [-0.25, -0.2) is 0 Å². The molecule has 0 amide bonds. The third-order valence-corrected chi connectivity index (χ3v) is 4.98. The van der Waals surface area contributed by atoms with E-state index in [1.807, 2.05) is 0 Å². The van der Waals surface area contributed by atoms with Crippen molar-refractivity contribution < 1.29 is 9.47 Å². The van der Waals surface area contributed by atoms with Crippen LogP contribution in [0.2, 0.25) is 0 Å². The van der Waals surface area contributed by atoms with Gasteiger partial charge in [0.05, 0.1) is 13.2 Å². The summed E-state index contributed by atoms with van der Waals surface area (Å²) >= 11 is 3.49. The minimum atomic E-state index is -0.219. The normalized spacial score (nSPS) is 17.4. The fraction of sp³-hybridized carbons (Fsp3) is 1.00. The van der Waals surface area contributed by atoms with Gasteiger partial charge in [0.2, 0.25) is 0 Å². The second-order valence-electron chi connectivity index (χ2n) is 6.33. The molecule has 0 aromatic carbocycles. The molecule has 0 atom stereocenters. The number of rotatable bonds is 14. The van der Waals surface area contributed by atoms with Crippen molar-refractivity contribution in [2.24, 2.45) is 0 Å². The van der Waals surface area contributed by atoms with Crippen molar-refractivity contribution in [1.29, 1.82) is 0 Å². The van der Waals surface area contributed by atoms with Crippen molar-refractivity contribution in [3.8, 4) is 0 Å². The molecule has 0 unspecified atom stereocenters. The van der Waals surface area contributed by atoms with Gasteiger partial charge >= 0.3 is 0 Å². The highest BCUT2D eigenvalue weighted by molar-refractivity contribution is 9.09. The van der Waals surface area contributed by atoms with Crippen molar-refractivity contribution in [3.63, 3.8) is 0 Å². The standard InChI is InChI=1S/C18H35BrO2/c1-2-3-4-10-13-18(20-16-17-21-18)14-11-8-6-5-7-9-12-15-19/h2-17H2,1H3. The van der Waals surface area contributed by atoms with Crippen molar-refractivity contribution in [2.75, 3.05) is 18.5 Å². The Labute approximate surface area is 140 Å². The first-order chi connectivity index (χ1) is 10.3. The summed E-state index contributed by atoms with van der Waals surface area (Å²) in [6, 6.07) is 0. The molecule has 3 heteroatoms. The van der Waals surface area contributed by atoms with Crippen molar-refractivity contribution in [1.82, 2.24) is 0 Å². The van der Waals surface area contributed by atoms with Crippen LogP contribution in [0.25, 0.3) is 0 Å². The zero-order valence-electron chi connectivity index (χ0n) is 14.0. The van der Waals surface area contributed by atoms with E-state index in [1.165, 1.54) is 70.6 Å². The van der Waals surface area contributed by atoms with Crippen molar-refractivity contribution >= 4 is 15.9 Å².